The van der Waals surface area contributed by atoms with Crippen LogP contribution in [0.3, 0.4) is 0 Å². The highest BCUT2D eigenvalue weighted by atomic mass is 16.4. The van der Waals surface area contributed by atoms with Crippen molar-refractivity contribution in [3.8, 4) is 0 Å². The molecule has 0 unspecified atom stereocenters. The van der Waals surface area contributed by atoms with Gasteiger partial charge >= 0.3 is 5.97 Å². The zero-order valence-corrected chi connectivity index (χ0v) is 6.93. The van der Waals surface area contributed by atoms with Crippen LogP contribution in [0.4, 0.5) is 0 Å². The lowest BCUT2D eigenvalue weighted by Gasteiger charge is -1.96. The van der Waals surface area contributed by atoms with E-state index in [1.165, 1.54) is 0 Å². The predicted octanol–water partition coefficient (Wildman–Crippen LogP) is 1.09. The molecule has 0 spiro atoms. The zero-order valence-electron chi connectivity index (χ0n) is 6.93. The van der Waals surface area contributed by atoms with Crippen molar-refractivity contribution in [2.75, 3.05) is 0 Å². The molecule has 0 saturated heterocycles. The molecule has 0 aliphatic heterocycles. The largest absolute Gasteiger partial charge is 0.475 e. The Kier molecular flexibility index (Phi) is 3.20. The number of carbonyl (C=O) groups is 2. The van der Waals surface area contributed by atoms with Crippen LogP contribution in [0.25, 0.3) is 0 Å². The molecule has 0 aliphatic rings. The maximum atomic E-state index is 10.7. The topological polar surface area (TPSA) is 54.4 Å². The first-order valence-electron chi connectivity index (χ1n) is 3.84. The molecule has 0 atom stereocenters. The van der Waals surface area contributed by atoms with Crippen LogP contribution in [0.2, 0.25) is 0 Å². The summed E-state index contributed by atoms with van der Waals surface area (Å²) in [6, 6.07) is 9.22. The Hall–Kier alpha value is -1.64. The number of carboxylic acid groups (broad SMARTS) is 1. The number of Topliss-reactive ketones (excluding diaryl/α,β-unsaturated/α-hetero) is 1. The van der Waals surface area contributed by atoms with Gasteiger partial charge < -0.3 is 5.11 Å². The van der Waals surface area contributed by atoms with Crippen LogP contribution in [-0.4, -0.2) is 16.9 Å². The average Bonchev–Trinajstić information content (AvgIpc) is 2.15. The van der Waals surface area contributed by atoms with Gasteiger partial charge in [0.05, 0.1) is 0 Å². The number of carbonyl (C=O) groups excluding carboxylic acids is 1. The minimum absolute atomic E-state index is 0.367. The Labute approximate surface area is 76.0 Å². The maximum absolute atomic E-state index is 10.7. The molecule has 0 aromatic heterocycles. The Morgan fingerprint density at radius 2 is 1.85 bits per heavy atom. The van der Waals surface area contributed by atoms with E-state index in [-0.39, 0.29) is 0 Å². The van der Waals surface area contributed by atoms with E-state index in [1.807, 2.05) is 30.3 Å². The molecule has 67 valence electrons. The summed E-state index contributed by atoms with van der Waals surface area (Å²) >= 11 is 0. The number of hydrogen-bond donors (Lipinski definition) is 1. The smallest absolute Gasteiger partial charge is 0.372 e. The van der Waals surface area contributed by atoms with Gasteiger partial charge in [0.1, 0.15) is 0 Å². The first kappa shape index (κ1) is 9.45. The molecular weight excluding hydrogens is 168 g/mol. The molecular formula is C10H9O3. The fourth-order valence-electron chi connectivity index (χ4n) is 0.912. The van der Waals surface area contributed by atoms with E-state index in [1.54, 1.807) is 0 Å². The molecule has 13 heavy (non-hydrogen) atoms. The Bertz CT molecular complexity index is 303. The van der Waals surface area contributed by atoms with Crippen LogP contribution in [0.15, 0.2) is 30.3 Å². The predicted molar refractivity (Wildman–Crippen MR) is 47.1 cm³/mol. The van der Waals surface area contributed by atoms with Gasteiger partial charge in [0.2, 0.25) is 5.78 Å². The monoisotopic (exact) mass is 177 g/mol. The molecule has 0 bridgehead atoms. The van der Waals surface area contributed by atoms with Gasteiger partial charge in [-0.1, -0.05) is 30.3 Å². The van der Waals surface area contributed by atoms with Gasteiger partial charge in [-0.15, -0.1) is 0 Å². The van der Waals surface area contributed by atoms with Gasteiger partial charge in [0.25, 0.3) is 0 Å². The van der Waals surface area contributed by atoms with E-state index in [0.717, 1.165) is 12.0 Å². The summed E-state index contributed by atoms with van der Waals surface area (Å²) in [5.74, 6) is -2.26. The highest BCUT2D eigenvalue weighted by Gasteiger charge is 2.10. The van der Waals surface area contributed by atoms with Crippen molar-refractivity contribution < 1.29 is 14.7 Å². The Balaban J connectivity index is 2.44. The highest BCUT2D eigenvalue weighted by Crippen LogP contribution is 2.01. The number of rotatable bonds is 4. The second kappa shape index (κ2) is 4.40. The van der Waals surface area contributed by atoms with E-state index in [2.05, 4.69) is 0 Å². The van der Waals surface area contributed by atoms with Crippen LogP contribution in [0.5, 0.6) is 0 Å². The molecule has 0 heterocycles. The summed E-state index contributed by atoms with van der Waals surface area (Å²) in [4.78, 5) is 20.8. The molecule has 0 saturated carbocycles. The van der Waals surface area contributed by atoms with Crippen molar-refractivity contribution in [3.05, 3.63) is 42.3 Å². The van der Waals surface area contributed by atoms with Crippen LogP contribution in [-0.2, 0) is 16.0 Å². The third-order valence-corrected chi connectivity index (χ3v) is 1.58. The summed E-state index contributed by atoms with van der Waals surface area (Å²) in [5.41, 5.74) is 0.928. The highest BCUT2D eigenvalue weighted by molar-refractivity contribution is 6.36. The normalized spacial score (nSPS) is 9.54. The summed E-state index contributed by atoms with van der Waals surface area (Å²) in [5, 5.41) is 8.28. The maximum Gasteiger partial charge on any atom is 0.372 e. The molecule has 1 N–H and O–H groups in total. The van der Waals surface area contributed by atoms with E-state index in [4.69, 9.17) is 5.11 Å². The summed E-state index contributed by atoms with van der Waals surface area (Å²) in [7, 11) is 0. The molecule has 1 aromatic rings. The molecule has 1 rings (SSSR count). The fraction of sp³-hybridized carbons (Fsp3) is 0.100. The number of ketones is 1. The third-order valence-electron chi connectivity index (χ3n) is 1.58. The molecule has 0 amide bonds. The standard InChI is InChI=1S/C10H9O3/c11-9(10(12)13)7-6-8-4-2-1-3-5-8/h1-5,7H,6H2,(H,12,13). The van der Waals surface area contributed by atoms with Crippen molar-refractivity contribution in [3.63, 3.8) is 0 Å². The molecule has 1 radical (unpaired) electrons. The van der Waals surface area contributed by atoms with E-state index in [0.29, 0.717) is 6.42 Å². The number of aliphatic carboxylic acids is 1. The minimum atomic E-state index is -1.41. The Morgan fingerprint density at radius 1 is 1.23 bits per heavy atom. The molecule has 0 fully saturated rings. The van der Waals surface area contributed by atoms with Crippen molar-refractivity contribution >= 4 is 11.8 Å². The fourth-order valence-corrected chi connectivity index (χ4v) is 0.912. The van der Waals surface area contributed by atoms with Gasteiger partial charge in [-0.2, -0.15) is 0 Å². The zero-order chi connectivity index (χ0) is 9.68. The van der Waals surface area contributed by atoms with Crippen molar-refractivity contribution in [1.29, 1.82) is 0 Å². The quantitative estimate of drug-likeness (QED) is 0.700. The van der Waals surface area contributed by atoms with Crippen LogP contribution < -0.4 is 0 Å². The van der Waals surface area contributed by atoms with E-state index in [9.17, 15) is 9.59 Å². The number of carboxylic acids is 1. The lowest BCUT2D eigenvalue weighted by molar-refractivity contribution is -0.147. The number of benzene rings is 1. The third kappa shape index (κ3) is 3.07. The van der Waals surface area contributed by atoms with E-state index >= 15 is 0 Å². The first-order valence-corrected chi connectivity index (χ1v) is 3.84. The van der Waals surface area contributed by atoms with Crippen molar-refractivity contribution in [2.24, 2.45) is 0 Å². The van der Waals surface area contributed by atoms with Crippen LogP contribution in [0.1, 0.15) is 5.56 Å². The van der Waals surface area contributed by atoms with Crippen molar-refractivity contribution in [1.82, 2.24) is 0 Å². The summed E-state index contributed by atoms with van der Waals surface area (Å²) in [6.07, 6.45) is 1.53. The van der Waals surface area contributed by atoms with Crippen molar-refractivity contribution in [2.45, 2.75) is 6.42 Å². The van der Waals surface area contributed by atoms with Gasteiger partial charge in [-0.3, -0.25) is 4.79 Å². The average molecular weight is 177 g/mol. The molecule has 3 nitrogen and oxygen atoms in total. The summed E-state index contributed by atoms with van der Waals surface area (Å²) < 4.78 is 0. The minimum Gasteiger partial charge on any atom is -0.475 e. The first-order chi connectivity index (χ1) is 6.20. The van der Waals surface area contributed by atoms with Gasteiger partial charge in [0, 0.05) is 6.42 Å². The number of hydrogen-bond acceptors (Lipinski definition) is 2. The lowest BCUT2D eigenvalue weighted by Crippen LogP contribution is -2.13. The molecule has 1 aromatic carbocycles. The summed E-state index contributed by atoms with van der Waals surface area (Å²) in [6.45, 7) is 0. The van der Waals surface area contributed by atoms with Gasteiger partial charge in [0.15, 0.2) is 0 Å². The second-order valence-electron chi connectivity index (χ2n) is 2.56. The second-order valence-corrected chi connectivity index (χ2v) is 2.56. The lowest BCUT2D eigenvalue weighted by atomic mass is 10.1. The SMILES string of the molecule is O=C(O)C(=O)[CH]Cc1ccccc1. The van der Waals surface area contributed by atoms with Crippen LogP contribution in [0, 0.1) is 6.42 Å². The molecule has 3 heteroatoms. The van der Waals surface area contributed by atoms with Gasteiger partial charge in [-0.25, -0.2) is 4.79 Å². The van der Waals surface area contributed by atoms with E-state index < -0.39 is 11.8 Å². The van der Waals surface area contributed by atoms with Crippen LogP contribution >= 0.6 is 0 Å². The molecule has 0 aliphatic carbocycles. The Morgan fingerprint density at radius 3 is 2.38 bits per heavy atom. The van der Waals surface area contributed by atoms with Gasteiger partial charge in [-0.05, 0) is 12.0 Å².